The second-order valence-electron chi connectivity index (χ2n) is 4.11. The van der Waals surface area contributed by atoms with Gasteiger partial charge in [-0.3, -0.25) is 0 Å². The maximum atomic E-state index is 5.22. The molecule has 1 unspecified atom stereocenters. The number of halogens is 1. The fourth-order valence-electron chi connectivity index (χ4n) is 2.14. The molecule has 0 spiro atoms. The van der Waals surface area contributed by atoms with Gasteiger partial charge >= 0.3 is 0 Å². The van der Waals surface area contributed by atoms with Crippen LogP contribution in [0.25, 0.3) is 0 Å². The molecule has 16 heavy (non-hydrogen) atoms. The molecular weight excluding hydrogens is 270 g/mol. The maximum Gasteiger partial charge on any atom is 0.133 e. The van der Waals surface area contributed by atoms with Crippen LogP contribution in [0.1, 0.15) is 12.8 Å². The van der Waals surface area contributed by atoms with Crippen LogP contribution in [0.5, 0.6) is 0 Å². The number of aromatic nitrogens is 2. The van der Waals surface area contributed by atoms with Gasteiger partial charge in [0.05, 0.1) is 6.61 Å². The van der Waals surface area contributed by atoms with Gasteiger partial charge in [0, 0.05) is 26.3 Å². The number of hydrogen-bond acceptors (Lipinski definition) is 4. The summed E-state index contributed by atoms with van der Waals surface area (Å²) in [6.45, 7) is 2.93. The molecule has 5 heteroatoms. The van der Waals surface area contributed by atoms with Crippen molar-refractivity contribution >= 4 is 21.7 Å². The van der Waals surface area contributed by atoms with Crippen molar-refractivity contribution in [1.82, 2.24) is 9.97 Å². The molecule has 0 aromatic carbocycles. The summed E-state index contributed by atoms with van der Waals surface area (Å²) >= 11 is 3.37. The molecule has 1 aliphatic heterocycles. The zero-order valence-electron chi connectivity index (χ0n) is 9.40. The lowest BCUT2D eigenvalue weighted by molar-refractivity contribution is 0.143. The molecule has 0 N–H and O–H groups in total. The second kappa shape index (κ2) is 5.59. The molecule has 2 heterocycles. The third kappa shape index (κ3) is 2.92. The van der Waals surface area contributed by atoms with Crippen LogP contribution in [0, 0.1) is 5.92 Å². The summed E-state index contributed by atoms with van der Waals surface area (Å²) in [5.74, 6) is 1.62. The number of nitrogens with zero attached hydrogens (tertiary/aromatic N) is 3. The van der Waals surface area contributed by atoms with Crippen molar-refractivity contribution in [2.45, 2.75) is 12.8 Å². The zero-order chi connectivity index (χ0) is 11.4. The summed E-state index contributed by atoms with van der Waals surface area (Å²) in [4.78, 5) is 10.7. The smallest absolute Gasteiger partial charge is 0.133 e. The van der Waals surface area contributed by atoms with Crippen LogP contribution in [0.4, 0.5) is 5.82 Å². The third-order valence-corrected chi connectivity index (χ3v) is 3.30. The van der Waals surface area contributed by atoms with Crippen LogP contribution in [-0.2, 0) is 4.74 Å². The second-order valence-corrected chi connectivity index (χ2v) is 4.92. The first-order valence-electron chi connectivity index (χ1n) is 5.51. The highest BCUT2D eigenvalue weighted by atomic mass is 79.9. The minimum Gasteiger partial charge on any atom is -0.384 e. The van der Waals surface area contributed by atoms with Crippen LogP contribution >= 0.6 is 15.9 Å². The Hall–Kier alpha value is -0.680. The van der Waals surface area contributed by atoms with E-state index < -0.39 is 0 Å². The van der Waals surface area contributed by atoms with Crippen molar-refractivity contribution in [3.63, 3.8) is 0 Å². The quantitative estimate of drug-likeness (QED) is 0.798. The van der Waals surface area contributed by atoms with Crippen molar-refractivity contribution in [3.05, 3.63) is 17.0 Å². The molecule has 0 saturated carbocycles. The summed E-state index contributed by atoms with van der Waals surface area (Å²) in [7, 11) is 1.76. The molecule has 0 amide bonds. The predicted octanol–water partition coefficient (Wildman–Crippen LogP) is 2.10. The first-order valence-corrected chi connectivity index (χ1v) is 6.30. The third-order valence-electron chi connectivity index (χ3n) is 2.86. The summed E-state index contributed by atoms with van der Waals surface area (Å²) in [5, 5.41) is 0. The maximum absolute atomic E-state index is 5.22. The zero-order valence-corrected chi connectivity index (χ0v) is 11.0. The minimum atomic E-state index is 0.618. The van der Waals surface area contributed by atoms with Crippen LogP contribution in [0.3, 0.4) is 0 Å². The van der Waals surface area contributed by atoms with Crippen LogP contribution < -0.4 is 4.90 Å². The topological polar surface area (TPSA) is 38.2 Å². The number of hydrogen-bond donors (Lipinski definition) is 0. The van der Waals surface area contributed by atoms with Crippen molar-refractivity contribution in [2.24, 2.45) is 5.92 Å². The summed E-state index contributed by atoms with van der Waals surface area (Å²) in [5.41, 5.74) is 0. The van der Waals surface area contributed by atoms with Crippen LogP contribution in [0.2, 0.25) is 0 Å². The molecule has 1 fully saturated rings. The molecule has 0 radical (unpaired) electrons. The number of anilines is 1. The Morgan fingerprint density at radius 2 is 2.44 bits per heavy atom. The van der Waals surface area contributed by atoms with Crippen molar-refractivity contribution < 1.29 is 4.74 Å². The van der Waals surface area contributed by atoms with E-state index in [0.717, 1.165) is 30.1 Å². The molecule has 0 aliphatic carbocycles. The van der Waals surface area contributed by atoms with Crippen molar-refractivity contribution in [2.75, 3.05) is 31.7 Å². The number of piperidine rings is 1. The van der Waals surface area contributed by atoms with Gasteiger partial charge in [-0.1, -0.05) is 0 Å². The van der Waals surface area contributed by atoms with E-state index in [-0.39, 0.29) is 0 Å². The predicted molar refractivity (Wildman–Crippen MR) is 66.5 cm³/mol. The van der Waals surface area contributed by atoms with E-state index in [0.29, 0.717) is 5.92 Å². The van der Waals surface area contributed by atoms with Gasteiger partial charge in [-0.2, -0.15) is 0 Å². The Labute approximate surface area is 104 Å². The normalized spacial score (nSPS) is 21.1. The lowest BCUT2D eigenvalue weighted by Gasteiger charge is -2.33. The van der Waals surface area contributed by atoms with Gasteiger partial charge in [0.15, 0.2) is 0 Å². The number of rotatable bonds is 3. The van der Waals surface area contributed by atoms with E-state index >= 15 is 0 Å². The molecule has 1 aromatic rings. The molecule has 4 nitrogen and oxygen atoms in total. The van der Waals surface area contributed by atoms with Gasteiger partial charge in [0.2, 0.25) is 0 Å². The monoisotopic (exact) mass is 285 g/mol. The molecule has 2 rings (SSSR count). The largest absolute Gasteiger partial charge is 0.384 e. The molecule has 1 atom stereocenters. The highest BCUT2D eigenvalue weighted by Gasteiger charge is 2.20. The van der Waals surface area contributed by atoms with Gasteiger partial charge in [-0.25, -0.2) is 9.97 Å². The van der Waals surface area contributed by atoms with Crippen molar-refractivity contribution in [1.29, 1.82) is 0 Å². The summed E-state index contributed by atoms with van der Waals surface area (Å²) < 4.78 is 6.06. The number of ether oxygens (including phenoxy) is 1. The summed E-state index contributed by atoms with van der Waals surface area (Å²) in [6, 6.07) is 1.97. The van der Waals surface area contributed by atoms with Gasteiger partial charge in [-0.05, 0) is 34.7 Å². The molecule has 1 aliphatic rings. The standard InChI is InChI=1S/C11H16BrN3O/c1-16-7-9-3-2-4-15(6-9)11-5-10(12)13-8-14-11/h5,8-9H,2-4,6-7H2,1H3. The van der Waals surface area contributed by atoms with E-state index in [1.165, 1.54) is 12.8 Å². The first-order chi connectivity index (χ1) is 7.79. The van der Waals surface area contributed by atoms with E-state index in [1.807, 2.05) is 6.07 Å². The first kappa shape index (κ1) is 11.8. The minimum absolute atomic E-state index is 0.618. The fraction of sp³-hybridized carbons (Fsp3) is 0.636. The lowest BCUT2D eigenvalue weighted by Crippen LogP contribution is -2.37. The highest BCUT2D eigenvalue weighted by molar-refractivity contribution is 9.10. The van der Waals surface area contributed by atoms with E-state index in [1.54, 1.807) is 13.4 Å². The van der Waals surface area contributed by atoms with Crippen LogP contribution in [-0.4, -0.2) is 36.8 Å². The SMILES string of the molecule is COCC1CCCN(c2cc(Br)ncn2)C1. The Balaban J connectivity index is 2.03. The van der Waals surface area contributed by atoms with Gasteiger partial charge in [0.25, 0.3) is 0 Å². The molecule has 1 saturated heterocycles. The average Bonchev–Trinajstić information content (AvgIpc) is 2.30. The van der Waals surface area contributed by atoms with E-state index in [2.05, 4.69) is 30.8 Å². The Bertz CT molecular complexity index is 346. The van der Waals surface area contributed by atoms with Crippen molar-refractivity contribution in [3.8, 4) is 0 Å². The Morgan fingerprint density at radius 1 is 1.56 bits per heavy atom. The number of methoxy groups -OCH3 is 1. The van der Waals surface area contributed by atoms with E-state index in [9.17, 15) is 0 Å². The Kier molecular flexibility index (Phi) is 4.12. The van der Waals surface area contributed by atoms with Crippen LogP contribution in [0.15, 0.2) is 17.0 Å². The van der Waals surface area contributed by atoms with Gasteiger partial charge in [-0.15, -0.1) is 0 Å². The molecule has 0 bridgehead atoms. The average molecular weight is 286 g/mol. The van der Waals surface area contributed by atoms with Gasteiger partial charge in [0.1, 0.15) is 16.7 Å². The molecule has 88 valence electrons. The van der Waals surface area contributed by atoms with E-state index in [4.69, 9.17) is 4.74 Å². The Morgan fingerprint density at radius 3 is 3.19 bits per heavy atom. The van der Waals surface area contributed by atoms with Gasteiger partial charge < -0.3 is 9.64 Å². The highest BCUT2D eigenvalue weighted by Crippen LogP contribution is 2.22. The molecular formula is C11H16BrN3O. The summed E-state index contributed by atoms with van der Waals surface area (Å²) in [6.07, 6.45) is 4.05. The molecule has 1 aromatic heterocycles. The lowest BCUT2D eigenvalue weighted by atomic mass is 9.99. The fourth-order valence-corrected chi connectivity index (χ4v) is 2.44.